The van der Waals surface area contributed by atoms with Crippen LogP contribution >= 0.6 is 0 Å². The molecule has 2 aromatic rings. The molecule has 1 aliphatic rings. The van der Waals surface area contributed by atoms with Crippen LogP contribution in [-0.2, 0) is 0 Å². The third kappa shape index (κ3) is 2.28. The van der Waals surface area contributed by atoms with E-state index >= 15 is 0 Å². The van der Waals surface area contributed by atoms with Crippen LogP contribution in [0.3, 0.4) is 0 Å². The number of ether oxygens (including phenoxy) is 3. The number of aromatic nitrogens is 1. The van der Waals surface area contributed by atoms with Crippen molar-refractivity contribution in [2.24, 2.45) is 0 Å². The van der Waals surface area contributed by atoms with Gasteiger partial charge in [0.25, 0.3) is 0 Å². The Kier molecular flexibility index (Phi) is 3.43. The molecule has 1 unspecified atom stereocenters. The summed E-state index contributed by atoms with van der Waals surface area (Å²) in [6.07, 6.45) is 2.36. The smallest absolute Gasteiger partial charge is 0.167 e. The fourth-order valence-electron chi connectivity index (χ4n) is 2.19. The van der Waals surface area contributed by atoms with Gasteiger partial charge in [-0.25, -0.2) is 0 Å². The van der Waals surface area contributed by atoms with Crippen LogP contribution < -0.4 is 14.2 Å². The van der Waals surface area contributed by atoms with Crippen molar-refractivity contribution in [3.05, 3.63) is 47.8 Å². The summed E-state index contributed by atoms with van der Waals surface area (Å²) in [5.41, 5.74) is 1.31. The summed E-state index contributed by atoms with van der Waals surface area (Å²) in [5.74, 6) is 1.85. The average molecular weight is 273 g/mol. The quantitative estimate of drug-likeness (QED) is 0.926. The summed E-state index contributed by atoms with van der Waals surface area (Å²) < 4.78 is 16.3. The molecule has 2 heterocycles. The van der Waals surface area contributed by atoms with E-state index in [1.807, 2.05) is 18.2 Å². The van der Waals surface area contributed by atoms with Gasteiger partial charge in [-0.15, -0.1) is 0 Å². The van der Waals surface area contributed by atoms with Crippen LogP contribution in [0.25, 0.3) is 0 Å². The van der Waals surface area contributed by atoms with Crippen LogP contribution in [0, 0.1) is 0 Å². The monoisotopic (exact) mass is 273 g/mol. The third-order valence-electron chi connectivity index (χ3n) is 3.18. The first-order valence-corrected chi connectivity index (χ1v) is 6.35. The van der Waals surface area contributed by atoms with E-state index in [9.17, 15) is 5.11 Å². The number of benzene rings is 1. The lowest BCUT2D eigenvalue weighted by atomic mass is 10.0. The van der Waals surface area contributed by atoms with Crippen molar-refractivity contribution in [3.63, 3.8) is 0 Å². The number of nitrogens with zero attached hydrogens (tertiary/aromatic N) is 1. The van der Waals surface area contributed by atoms with Gasteiger partial charge in [-0.1, -0.05) is 12.1 Å². The summed E-state index contributed by atoms with van der Waals surface area (Å²) in [4.78, 5) is 4.06. The molecule has 0 saturated heterocycles. The van der Waals surface area contributed by atoms with Crippen molar-refractivity contribution >= 4 is 0 Å². The van der Waals surface area contributed by atoms with E-state index in [1.165, 1.54) is 0 Å². The van der Waals surface area contributed by atoms with Crippen LogP contribution in [0.1, 0.15) is 17.2 Å². The molecule has 1 aromatic heterocycles. The molecule has 0 fully saturated rings. The van der Waals surface area contributed by atoms with Crippen molar-refractivity contribution in [3.8, 4) is 17.2 Å². The minimum Gasteiger partial charge on any atom is -0.495 e. The van der Waals surface area contributed by atoms with Crippen molar-refractivity contribution in [1.82, 2.24) is 4.98 Å². The third-order valence-corrected chi connectivity index (χ3v) is 3.18. The maximum Gasteiger partial charge on any atom is 0.167 e. The second-order valence-electron chi connectivity index (χ2n) is 4.43. The SMILES string of the molecule is COc1cncc(C(O)c2cccc3c2OCCO3)c1. The minimum absolute atomic E-state index is 0.479. The Morgan fingerprint density at radius 1 is 1.25 bits per heavy atom. The largest absolute Gasteiger partial charge is 0.495 e. The molecule has 5 nitrogen and oxygen atoms in total. The first-order chi connectivity index (χ1) is 9.79. The van der Waals surface area contributed by atoms with Gasteiger partial charge < -0.3 is 19.3 Å². The van der Waals surface area contributed by atoms with Gasteiger partial charge in [0.05, 0.1) is 13.3 Å². The zero-order valence-corrected chi connectivity index (χ0v) is 11.1. The van der Waals surface area contributed by atoms with E-state index in [1.54, 1.807) is 25.6 Å². The first kappa shape index (κ1) is 12.7. The molecule has 5 heteroatoms. The second-order valence-corrected chi connectivity index (χ2v) is 4.43. The van der Waals surface area contributed by atoms with E-state index < -0.39 is 6.10 Å². The lowest BCUT2D eigenvalue weighted by Gasteiger charge is -2.23. The van der Waals surface area contributed by atoms with Crippen LogP contribution in [-0.4, -0.2) is 30.4 Å². The minimum atomic E-state index is -0.839. The molecule has 0 bridgehead atoms. The zero-order chi connectivity index (χ0) is 13.9. The molecule has 20 heavy (non-hydrogen) atoms. The Morgan fingerprint density at radius 3 is 2.95 bits per heavy atom. The average Bonchev–Trinajstić information content (AvgIpc) is 2.53. The molecule has 1 aromatic carbocycles. The van der Waals surface area contributed by atoms with Gasteiger partial charge in [-0.2, -0.15) is 0 Å². The van der Waals surface area contributed by atoms with E-state index in [0.717, 1.165) is 0 Å². The molecule has 3 rings (SSSR count). The van der Waals surface area contributed by atoms with Crippen LogP contribution in [0.15, 0.2) is 36.7 Å². The number of pyridine rings is 1. The molecule has 1 atom stereocenters. The van der Waals surface area contributed by atoms with Crippen molar-refractivity contribution in [2.75, 3.05) is 20.3 Å². The van der Waals surface area contributed by atoms with E-state index in [-0.39, 0.29) is 0 Å². The number of para-hydroxylation sites is 1. The summed E-state index contributed by atoms with van der Waals surface area (Å²) in [7, 11) is 1.56. The highest BCUT2D eigenvalue weighted by atomic mass is 16.6. The van der Waals surface area contributed by atoms with Crippen LogP contribution in [0.2, 0.25) is 0 Å². The Labute approximate surface area is 116 Å². The number of methoxy groups -OCH3 is 1. The summed E-state index contributed by atoms with van der Waals surface area (Å²) in [5, 5.41) is 10.5. The second kappa shape index (κ2) is 5.38. The number of rotatable bonds is 3. The maximum absolute atomic E-state index is 10.5. The fourth-order valence-corrected chi connectivity index (χ4v) is 2.19. The van der Waals surface area contributed by atoms with Crippen molar-refractivity contribution in [2.45, 2.75) is 6.10 Å². The van der Waals surface area contributed by atoms with Crippen LogP contribution in [0.5, 0.6) is 17.2 Å². The standard InChI is InChI=1S/C15H15NO4/c1-18-11-7-10(8-16-9-11)14(17)12-3-2-4-13-15(12)20-6-5-19-13/h2-4,7-9,14,17H,5-6H2,1H3. The number of aliphatic hydroxyl groups excluding tert-OH is 1. The molecular formula is C15H15NO4. The predicted octanol–water partition coefficient (Wildman–Crippen LogP) is 1.94. The Hall–Kier alpha value is -2.27. The van der Waals surface area contributed by atoms with Gasteiger partial charge in [0.2, 0.25) is 0 Å². The van der Waals surface area contributed by atoms with Gasteiger partial charge in [0, 0.05) is 17.3 Å². The number of hydrogen-bond donors (Lipinski definition) is 1. The molecule has 0 spiro atoms. The van der Waals surface area contributed by atoms with Gasteiger partial charge in [0.15, 0.2) is 11.5 Å². The maximum atomic E-state index is 10.5. The zero-order valence-electron chi connectivity index (χ0n) is 11.1. The fraction of sp³-hybridized carbons (Fsp3) is 0.267. The predicted molar refractivity (Wildman–Crippen MR) is 72.3 cm³/mol. The van der Waals surface area contributed by atoms with Gasteiger partial charge in [-0.3, -0.25) is 4.98 Å². The summed E-state index contributed by atoms with van der Waals surface area (Å²) in [6, 6.07) is 7.23. The molecule has 0 amide bonds. The first-order valence-electron chi connectivity index (χ1n) is 6.35. The van der Waals surface area contributed by atoms with Crippen molar-refractivity contribution in [1.29, 1.82) is 0 Å². The van der Waals surface area contributed by atoms with E-state index in [4.69, 9.17) is 14.2 Å². The molecule has 0 saturated carbocycles. The molecule has 104 valence electrons. The highest BCUT2D eigenvalue weighted by molar-refractivity contribution is 5.50. The lowest BCUT2D eigenvalue weighted by molar-refractivity contribution is 0.158. The molecule has 1 aliphatic heterocycles. The topological polar surface area (TPSA) is 60.8 Å². The normalized spacial score (nSPS) is 14.7. The van der Waals surface area contributed by atoms with Gasteiger partial charge in [-0.05, 0) is 12.1 Å². The molecule has 1 N–H and O–H groups in total. The number of hydrogen-bond acceptors (Lipinski definition) is 5. The van der Waals surface area contributed by atoms with Crippen LogP contribution in [0.4, 0.5) is 0 Å². The summed E-state index contributed by atoms with van der Waals surface area (Å²) in [6.45, 7) is 1.00. The Balaban J connectivity index is 1.99. The number of aliphatic hydroxyl groups is 1. The van der Waals surface area contributed by atoms with E-state index in [0.29, 0.717) is 41.6 Å². The highest BCUT2D eigenvalue weighted by Gasteiger charge is 2.22. The van der Waals surface area contributed by atoms with Gasteiger partial charge >= 0.3 is 0 Å². The molecule has 0 radical (unpaired) electrons. The summed E-state index contributed by atoms with van der Waals surface area (Å²) >= 11 is 0. The molecular weight excluding hydrogens is 258 g/mol. The van der Waals surface area contributed by atoms with Gasteiger partial charge in [0.1, 0.15) is 25.1 Å². The highest BCUT2D eigenvalue weighted by Crippen LogP contribution is 2.39. The Bertz CT molecular complexity index is 615. The van der Waals surface area contributed by atoms with E-state index in [2.05, 4.69) is 4.98 Å². The van der Waals surface area contributed by atoms with Crippen molar-refractivity contribution < 1.29 is 19.3 Å². The lowest BCUT2D eigenvalue weighted by Crippen LogP contribution is -2.17. The number of fused-ring (bicyclic) bond motifs is 1. The molecule has 0 aliphatic carbocycles. The Morgan fingerprint density at radius 2 is 2.10 bits per heavy atom.